The van der Waals surface area contributed by atoms with Gasteiger partial charge in [-0.3, -0.25) is 9.59 Å². The van der Waals surface area contributed by atoms with Gasteiger partial charge in [0.1, 0.15) is 6.61 Å². The average Bonchev–Trinajstić information content (AvgIpc) is 3.51. The molecule has 0 spiro atoms. The third kappa shape index (κ3) is 69.0. The number of rotatable bonds is 59. The minimum atomic E-state index is -0.801. The van der Waals surface area contributed by atoms with Gasteiger partial charge in [-0.15, -0.1) is 0 Å². The molecule has 0 rings (SSSR count). The normalized spacial score (nSPS) is 13.6. The van der Waals surface area contributed by atoms with E-state index in [0.717, 1.165) is 167 Å². The van der Waals surface area contributed by atoms with Gasteiger partial charge in [-0.05, 0) is 148 Å². The summed E-state index contributed by atoms with van der Waals surface area (Å²) in [5, 5.41) is 9.69. The highest BCUT2D eigenvalue weighted by atomic mass is 16.6. The van der Waals surface area contributed by atoms with Gasteiger partial charge in [0.25, 0.3) is 0 Å². The van der Waals surface area contributed by atoms with E-state index < -0.39 is 6.10 Å². The highest BCUT2D eigenvalue weighted by Crippen LogP contribution is 2.15. The summed E-state index contributed by atoms with van der Waals surface area (Å²) in [5.41, 5.74) is 0. The van der Waals surface area contributed by atoms with E-state index >= 15 is 0 Å². The average molecular weight is 1150 g/mol. The Kier molecular flexibility index (Phi) is 67.0. The van der Waals surface area contributed by atoms with E-state index in [1.54, 1.807) is 0 Å². The van der Waals surface area contributed by atoms with Crippen molar-refractivity contribution in [1.29, 1.82) is 0 Å². The molecule has 0 heterocycles. The molecule has 0 aliphatic rings. The first-order valence-corrected chi connectivity index (χ1v) is 33.6. The van der Waals surface area contributed by atoms with Gasteiger partial charge in [0.15, 0.2) is 6.10 Å². The van der Waals surface area contributed by atoms with Crippen LogP contribution < -0.4 is 0 Å². The maximum atomic E-state index is 12.4. The number of aliphatic hydroxyl groups excluding tert-OH is 1. The number of ether oxygens (including phenoxy) is 2. The third-order valence-corrected chi connectivity index (χ3v) is 13.6. The maximum Gasteiger partial charge on any atom is 0.306 e. The molecule has 5 nitrogen and oxygen atoms in total. The van der Waals surface area contributed by atoms with Crippen molar-refractivity contribution in [2.75, 3.05) is 13.2 Å². The largest absolute Gasteiger partial charge is 0.462 e. The molecule has 84 heavy (non-hydrogen) atoms. The predicted molar refractivity (Wildman–Crippen MR) is 370 cm³/mol. The minimum absolute atomic E-state index is 0.0878. The Morgan fingerprint density at radius 2 is 0.476 bits per heavy atom. The van der Waals surface area contributed by atoms with Gasteiger partial charge in [-0.25, -0.2) is 0 Å². The zero-order valence-corrected chi connectivity index (χ0v) is 53.6. The van der Waals surface area contributed by atoms with E-state index in [1.165, 1.54) is 64.2 Å². The van der Waals surface area contributed by atoms with Crippen LogP contribution in [0.25, 0.3) is 0 Å². The molecule has 5 heteroatoms. The fraction of sp³-hybridized carbons (Fsp3) is 0.544. The summed E-state index contributed by atoms with van der Waals surface area (Å²) in [5.74, 6) is -0.627. The lowest BCUT2D eigenvalue weighted by atomic mass is 10.0. The van der Waals surface area contributed by atoms with Crippen molar-refractivity contribution >= 4 is 11.9 Å². The SMILES string of the molecule is CC/C=C\C/C=C\C/C=C\C/C=C\C/C=C\C/C=C\C/C=C\C/C=C\C/C=C\C/C=C\C/C=C\CCCCCCCC(=O)OC(CO)COC(=O)CCCCCCCCCCCCCC/C=C\C/C=C\C/C=C\C/C=C\C/C=C\C/C=C\CC. The molecule has 468 valence electrons. The van der Waals surface area contributed by atoms with Crippen LogP contribution in [-0.2, 0) is 19.1 Å². The van der Waals surface area contributed by atoms with Crippen molar-refractivity contribution < 1.29 is 24.2 Å². The Morgan fingerprint density at radius 3 is 0.714 bits per heavy atom. The molecule has 0 fully saturated rings. The highest BCUT2D eigenvalue weighted by molar-refractivity contribution is 5.70. The summed E-state index contributed by atoms with van der Waals surface area (Å²) < 4.78 is 10.7. The first kappa shape index (κ1) is 78.5. The first-order chi connectivity index (χ1) is 41.6. The van der Waals surface area contributed by atoms with E-state index in [9.17, 15) is 14.7 Å². The standard InChI is InChI=1S/C79H122O5/c1-3-5-7-9-11-13-15-17-19-21-23-25-27-29-31-33-35-36-37-38-39-40-41-42-44-46-48-50-52-54-56-58-60-62-64-66-68-70-72-74-79(82)84-77(75-80)76-83-78(81)73-71-69-67-65-63-61-59-57-55-53-51-49-47-45-43-34-32-30-28-26-24-22-20-18-16-14-12-10-8-6-4-2/h5-8,11-14,17-20,23-26,29-32,35-36,38-39,41-43,45-46,48,52,54,58,60,77,80H,3-4,9-10,15-16,21-22,27-28,33-34,37,40,44,47,49-51,53,55-57,59,61-76H2,1-2H3/b7-5-,8-6-,13-11-,14-12-,19-17-,20-18-,25-23-,26-24-,31-29-,32-30-,36-35-,39-38-,42-41-,45-43-,48-46-,54-52-,60-58-. The first-order valence-electron chi connectivity index (χ1n) is 33.6. The van der Waals surface area contributed by atoms with E-state index in [-0.39, 0.29) is 25.2 Å². The van der Waals surface area contributed by atoms with Crippen molar-refractivity contribution in [2.24, 2.45) is 0 Å². The second-order valence-corrected chi connectivity index (χ2v) is 21.4. The Bertz CT molecular complexity index is 1980. The molecule has 0 amide bonds. The van der Waals surface area contributed by atoms with Crippen molar-refractivity contribution in [3.8, 4) is 0 Å². The zero-order chi connectivity index (χ0) is 60.5. The van der Waals surface area contributed by atoms with Gasteiger partial charge in [0.2, 0.25) is 0 Å². The molecule has 0 saturated heterocycles. The van der Waals surface area contributed by atoms with Crippen molar-refractivity contribution in [2.45, 2.75) is 264 Å². The predicted octanol–water partition coefficient (Wildman–Crippen LogP) is 23.8. The molecule has 1 N–H and O–H groups in total. The number of unbranched alkanes of at least 4 members (excludes halogenated alkanes) is 17. The lowest BCUT2D eigenvalue weighted by Gasteiger charge is -2.15. The molecular formula is C79H122O5. The van der Waals surface area contributed by atoms with Crippen LogP contribution >= 0.6 is 0 Å². The number of aliphatic hydroxyl groups is 1. The van der Waals surface area contributed by atoms with Crippen LogP contribution in [0.2, 0.25) is 0 Å². The van der Waals surface area contributed by atoms with E-state index in [2.05, 4.69) is 220 Å². The molecule has 1 unspecified atom stereocenters. The molecule has 0 bridgehead atoms. The van der Waals surface area contributed by atoms with Crippen molar-refractivity contribution in [3.63, 3.8) is 0 Å². The lowest BCUT2D eigenvalue weighted by molar-refractivity contribution is -0.161. The molecule has 0 aromatic heterocycles. The fourth-order valence-corrected chi connectivity index (χ4v) is 8.62. The van der Waals surface area contributed by atoms with Gasteiger partial charge in [-0.2, -0.15) is 0 Å². The molecule has 1 atom stereocenters. The molecule has 0 aliphatic heterocycles. The maximum absolute atomic E-state index is 12.4. The van der Waals surface area contributed by atoms with Crippen LogP contribution in [0.4, 0.5) is 0 Å². The molecule has 0 aliphatic carbocycles. The van der Waals surface area contributed by atoms with Crippen molar-refractivity contribution in [3.05, 3.63) is 207 Å². The number of hydrogen-bond donors (Lipinski definition) is 1. The Hall–Kier alpha value is -5.52. The topological polar surface area (TPSA) is 72.8 Å². The van der Waals surface area contributed by atoms with E-state index in [0.29, 0.717) is 12.8 Å². The van der Waals surface area contributed by atoms with Gasteiger partial charge in [-0.1, -0.05) is 304 Å². The zero-order valence-electron chi connectivity index (χ0n) is 53.6. The number of hydrogen-bond acceptors (Lipinski definition) is 5. The minimum Gasteiger partial charge on any atom is -0.462 e. The van der Waals surface area contributed by atoms with Crippen LogP contribution in [0.15, 0.2) is 207 Å². The van der Waals surface area contributed by atoms with Gasteiger partial charge in [0.05, 0.1) is 6.61 Å². The van der Waals surface area contributed by atoms with Crippen LogP contribution in [0.5, 0.6) is 0 Å². The van der Waals surface area contributed by atoms with Gasteiger partial charge < -0.3 is 14.6 Å². The lowest BCUT2D eigenvalue weighted by Crippen LogP contribution is -2.28. The van der Waals surface area contributed by atoms with Crippen LogP contribution in [0.3, 0.4) is 0 Å². The summed E-state index contributed by atoms with van der Waals surface area (Å²) in [6.07, 6.45) is 115. The molecule has 0 saturated carbocycles. The molecule has 0 radical (unpaired) electrons. The van der Waals surface area contributed by atoms with Gasteiger partial charge >= 0.3 is 11.9 Å². The van der Waals surface area contributed by atoms with Crippen LogP contribution in [0, 0.1) is 0 Å². The quantitative estimate of drug-likeness (QED) is 0.0373. The molecular weight excluding hydrogens is 1030 g/mol. The fourth-order valence-electron chi connectivity index (χ4n) is 8.62. The second kappa shape index (κ2) is 71.7. The summed E-state index contributed by atoms with van der Waals surface area (Å²) in [6.45, 7) is 3.89. The monoisotopic (exact) mass is 1150 g/mol. The highest BCUT2D eigenvalue weighted by Gasteiger charge is 2.16. The van der Waals surface area contributed by atoms with Crippen LogP contribution in [0.1, 0.15) is 258 Å². The second-order valence-electron chi connectivity index (χ2n) is 21.4. The summed E-state index contributed by atoms with van der Waals surface area (Å²) in [7, 11) is 0. The van der Waals surface area contributed by atoms with E-state index in [4.69, 9.17) is 9.47 Å². The smallest absolute Gasteiger partial charge is 0.306 e. The molecule has 0 aromatic rings. The number of esters is 2. The summed E-state index contributed by atoms with van der Waals surface area (Å²) >= 11 is 0. The number of carbonyl (C=O) groups excluding carboxylic acids is 2. The number of allylic oxidation sites excluding steroid dienone is 34. The van der Waals surface area contributed by atoms with Crippen molar-refractivity contribution in [1.82, 2.24) is 0 Å². The third-order valence-electron chi connectivity index (χ3n) is 13.6. The van der Waals surface area contributed by atoms with E-state index in [1.807, 2.05) is 0 Å². The Morgan fingerprint density at radius 1 is 0.274 bits per heavy atom. The van der Waals surface area contributed by atoms with Gasteiger partial charge in [0, 0.05) is 12.8 Å². The molecule has 0 aromatic carbocycles. The number of carbonyl (C=O) groups is 2. The summed E-state index contributed by atoms with van der Waals surface area (Å²) in [6, 6.07) is 0. The van der Waals surface area contributed by atoms with Crippen LogP contribution in [-0.4, -0.2) is 36.4 Å². The Labute approximate surface area is 517 Å². The Balaban J connectivity index is 3.63. The summed E-state index contributed by atoms with van der Waals surface area (Å²) in [4.78, 5) is 24.6.